The molecule has 1 fully saturated rings. The van der Waals surface area contributed by atoms with Gasteiger partial charge in [-0.15, -0.1) is 0 Å². The van der Waals surface area contributed by atoms with Gasteiger partial charge in [-0.05, 0) is 36.5 Å². The summed E-state index contributed by atoms with van der Waals surface area (Å²) in [6, 6.07) is 9.81. The predicted octanol–water partition coefficient (Wildman–Crippen LogP) is 1.56. The Kier molecular flexibility index (Phi) is 3.93. The SMILES string of the molecule is NNC(CC1CCS(=O)(=O)C1)c1cccc2ncccc12. The molecule has 3 rings (SSSR count). The maximum Gasteiger partial charge on any atom is 0.150 e. The van der Waals surface area contributed by atoms with Gasteiger partial charge < -0.3 is 0 Å². The van der Waals surface area contributed by atoms with E-state index in [-0.39, 0.29) is 17.7 Å². The summed E-state index contributed by atoms with van der Waals surface area (Å²) in [5, 5.41) is 1.06. The summed E-state index contributed by atoms with van der Waals surface area (Å²) in [6.45, 7) is 0. The number of rotatable bonds is 4. The van der Waals surface area contributed by atoms with Crippen LogP contribution < -0.4 is 11.3 Å². The van der Waals surface area contributed by atoms with Gasteiger partial charge in [0, 0.05) is 17.6 Å². The minimum Gasteiger partial charge on any atom is -0.271 e. The normalized spacial score (nSPS) is 22.4. The van der Waals surface area contributed by atoms with Crippen LogP contribution in [0.1, 0.15) is 24.4 Å². The third kappa shape index (κ3) is 3.07. The van der Waals surface area contributed by atoms with Crippen molar-refractivity contribution in [1.29, 1.82) is 0 Å². The lowest BCUT2D eigenvalue weighted by atomic mass is 9.92. The molecule has 1 aromatic carbocycles. The van der Waals surface area contributed by atoms with E-state index >= 15 is 0 Å². The van der Waals surface area contributed by atoms with Crippen molar-refractivity contribution in [2.75, 3.05) is 11.5 Å². The number of sulfone groups is 1. The van der Waals surface area contributed by atoms with Crippen LogP contribution in [0.15, 0.2) is 36.5 Å². The van der Waals surface area contributed by atoms with Gasteiger partial charge in [0.05, 0.1) is 17.0 Å². The van der Waals surface area contributed by atoms with Crippen molar-refractivity contribution < 1.29 is 8.42 Å². The van der Waals surface area contributed by atoms with E-state index in [4.69, 9.17) is 5.84 Å². The number of fused-ring (bicyclic) bond motifs is 1. The lowest BCUT2D eigenvalue weighted by Crippen LogP contribution is -2.30. The van der Waals surface area contributed by atoms with Crippen LogP contribution >= 0.6 is 0 Å². The number of nitrogens with two attached hydrogens (primary N) is 1. The molecule has 21 heavy (non-hydrogen) atoms. The van der Waals surface area contributed by atoms with Gasteiger partial charge in [-0.2, -0.15) is 0 Å². The number of hydrogen-bond acceptors (Lipinski definition) is 5. The van der Waals surface area contributed by atoms with E-state index in [0.29, 0.717) is 5.75 Å². The molecule has 2 unspecified atom stereocenters. The van der Waals surface area contributed by atoms with Gasteiger partial charge in [0.25, 0.3) is 0 Å². The smallest absolute Gasteiger partial charge is 0.150 e. The molecule has 2 heterocycles. The van der Waals surface area contributed by atoms with Gasteiger partial charge >= 0.3 is 0 Å². The summed E-state index contributed by atoms with van der Waals surface area (Å²) in [5.74, 6) is 6.46. The first kappa shape index (κ1) is 14.4. The quantitative estimate of drug-likeness (QED) is 0.661. The number of hydrazine groups is 1. The molecule has 0 aliphatic carbocycles. The first-order chi connectivity index (χ1) is 10.1. The summed E-state index contributed by atoms with van der Waals surface area (Å²) in [5.41, 5.74) is 4.84. The Hall–Kier alpha value is -1.50. The number of nitrogens with zero attached hydrogens (tertiary/aromatic N) is 1. The molecular formula is C15H19N3O2S. The van der Waals surface area contributed by atoms with Crippen molar-refractivity contribution >= 4 is 20.7 Å². The Labute approximate surface area is 124 Å². The summed E-state index contributed by atoms with van der Waals surface area (Å²) < 4.78 is 23.2. The van der Waals surface area contributed by atoms with Crippen LogP contribution in [0, 0.1) is 5.92 Å². The Morgan fingerprint density at radius 3 is 2.90 bits per heavy atom. The number of hydrogen-bond donors (Lipinski definition) is 2. The molecule has 1 aromatic heterocycles. The van der Waals surface area contributed by atoms with E-state index in [0.717, 1.165) is 29.3 Å². The maximum absolute atomic E-state index is 11.6. The maximum atomic E-state index is 11.6. The monoisotopic (exact) mass is 305 g/mol. The molecule has 0 amide bonds. The van der Waals surface area contributed by atoms with Crippen LogP contribution in [-0.4, -0.2) is 24.9 Å². The standard InChI is InChI=1S/C15H19N3O2S/c16-18-15(9-11-6-8-21(19,20)10-11)13-3-1-5-14-12(13)4-2-7-17-14/h1-5,7,11,15,18H,6,8-10,16H2. The molecule has 112 valence electrons. The third-order valence-electron chi connectivity index (χ3n) is 4.15. The van der Waals surface area contributed by atoms with Crippen LogP contribution in [0.5, 0.6) is 0 Å². The second-order valence-electron chi connectivity index (χ2n) is 5.64. The summed E-state index contributed by atoms with van der Waals surface area (Å²) >= 11 is 0. The molecule has 6 heteroatoms. The second-order valence-corrected chi connectivity index (χ2v) is 7.87. The van der Waals surface area contributed by atoms with E-state index in [1.54, 1.807) is 6.20 Å². The first-order valence-electron chi connectivity index (χ1n) is 7.09. The number of pyridine rings is 1. The highest BCUT2D eigenvalue weighted by molar-refractivity contribution is 7.91. The Morgan fingerprint density at radius 2 is 2.19 bits per heavy atom. The van der Waals surface area contributed by atoms with Crippen molar-refractivity contribution in [2.24, 2.45) is 11.8 Å². The van der Waals surface area contributed by atoms with Crippen molar-refractivity contribution in [3.63, 3.8) is 0 Å². The third-order valence-corrected chi connectivity index (χ3v) is 5.99. The summed E-state index contributed by atoms with van der Waals surface area (Å²) in [4.78, 5) is 4.35. The number of aromatic nitrogens is 1. The highest BCUT2D eigenvalue weighted by Gasteiger charge is 2.30. The molecule has 1 aliphatic heterocycles. The molecule has 0 spiro atoms. The summed E-state index contributed by atoms with van der Waals surface area (Å²) in [6.07, 6.45) is 3.22. The highest BCUT2D eigenvalue weighted by atomic mass is 32.2. The zero-order valence-corrected chi connectivity index (χ0v) is 12.5. The zero-order valence-electron chi connectivity index (χ0n) is 11.7. The average Bonchev–Trinajstić information content (AvgIpc) is 2.83. The first-order valence-corrected chi connectivity index (χ1v) is 8.91. The molecule has 2 atom stereocenters. The molecule has 1 saturated heterocycles. The van der Waals surface area contributed by atoms with Crippen LogP contribution in [0.25, 0.3) is 10.9 Å². The molecule has 2 aromatic rings. The summed E-state index contributed by atoms with van der Waals surface area (Å²) in [7, 11) is -2.85. The fraction of sp³-hybridized carbons (Fsp3) is 0.400. The van der Waals surface area contributed by atoms with Crippen molar-refractivity contribution in [2.45, 2.75) is 18.9 Å². The van der Waals surface area contributed by atoms with Gasteiger partial charge in [0.1, 0.15) is 0 Å². The lowest BCUT2D eigenvalue weighted by molar-refractivity contribution is 0.423. The molecule has 1 aliphatic rings. The fourth-order valence-corrected chi connectivity index (χ4v) is 4.99. The largest absolute Gasteiger partial charge is 0.271 e. The predicted molar refractivity (Wildman–Crippen MR) is 83.2 cm³/mol. The molecule has 0 bridgehead atoms. The van der Waals surface area contributed by atoms with Crippen LogP contribution in [0.4, 0.5) is 0 Å². The molecule has 5 nitrogen and oxygen atoms in total. The van der Waals surface area contributed by atoms with Gasteiger partial charge in [-0.3, -0.25) is 16.3 Å². The second kappa shape index (κ2) is 5.71. The van der Waals surface area contributed by atoms with E-state index in [1.807, 2.05) is 30.3 Å². The Bertz CT molecular complexity index is 740. The van der Waals surface area contributed by atoms with Gasteiger partial charge in [-0.1, -0.05) is 18.2 Å². The highest BCUT2D eigenvalue weighted by Crippen LogP contribution is 2.31. The minimum atomic E-state index is -2.85. The van der Waals surface area contributed by atoms with Gasteiger partial charge in [-0.25, -0.2) is 8.42 Å². The number of nitrogens with one attached hydrogen (secondary N) is 1. The zero-order chi connectivity index (χ0) is 14.9. The van der Waals surface area contributed by atoms with E-state index in [2.05, 4.69) is 10.4 Å². The van der Waals surface area contributed by atoms with Gasteiger partial charge in [0.15, 0.2) is 9.84 Å². The van der Waals surface area contributed by atoms with Crippen molar-refractivity contribution in [1.82, 2.24) is 10.4 Å². The van der Waals surface area contributed by atoms with E-state index in [1.165, 1.54) is 0 Å². The Balaban J connectivity index is 1.89. The molecule has 0 saturated carbocycles. The van der Waals surface area contributed by atoms with Crippen LogP contribution in [0.2, 0.25) is 0 Å². The number of benzene rings is 1. The Morgan fingerprint density at radius 1 is 1.33 bits per heavy atom. The molecule has 0 radical (unpaired) electrons. The van der Waals surface area contributed by atoms with Gasteiger partial charge in [0.2, 0.25) is 0 Å². The molecule has 3 N–H and O–H groups in total. The van der Waals surface area contributed by atoms with Crippen molar-refractivity contribution in [3.05, 3.63) is 42.1 Å². The fourth-order valence-electron chi connectivity index (χ4n) is 3.11. The van der Waals surface area contributed by atoms with E-state index < -0.39 is 9.84 Å². The average molecular weight is 305 g/mol. The van der Waals surface area contributed by atoms with E-state index in [9.17, 15) is 8.42 Å². The topological polar surface area (TPSA) is 85.1 Å². The minimum absolute atomic E-state index is 0.0591. The van der Waals surface area contributed by atoms with Crippen LogP contribution in [0.3, 0.4) is 0 Å². The van der Waals surface area contributed by atoms with Crippen molar-refractivity contribution in [3.8, 4) is 0 Å². The van der Waals surface area contributed by atoms with Crippen LogP contribution in [-0.2, 0) is 9.84 Å². The molecular weight excluding hydrogens is 286 g/mol. The lowest BCUT2D eigenvalue weighted by Gasteiger charge is -2.21.